The first-order valence-corrected chi connectivity index (χ1v) is 12.3. The number of aliphatic carboxylic acids is 1. The first kappa shape index (κ1) is 23.0. The summed E-state index contributed by atoms with van der Waals surface area (Å²) >= 11 is 0. The lowest BCUT2D eigenvalue weighted by Gasteiger charge is -2.35. The number of aryl methyl sites for hydroxylation is 1. The Morgan fingerprint density at radius 3 is 2.28 bits per heavy atom. The number of aliphatic hydroxyl groups is 1. The fourth-order valence-electron chi connectivity index (χ4n) is 6.03. The molecule has 0 spiro atoms. The third kappa shape index (κ3) is 6.20. The molecule has 2 aromatic carbocycles. The van der Waals surface area contributed by atoms with Crippen LogP contribution in [0, 0.1) is 11.8 Å². The molecule has 2 N–H and O–H groups in total. The van der Waals surface area contributed by atoms with Gasteiger partial charge in [0.2, 0.25) is 0 Å². The van der Waals surface area contributed by atoms with E-state index in [9.17, 15) is 15.0 Å². The Kier molecular flexibility index (Phi) is 7.64. The van der Waals surface area contributed by atoms with Crippen molar-refractivity contribution in [2.75, 3.05) is 19.6 Å². The van der Waals surface area contributed by atoms with Crippen LogP contribution in [0.4, 0.5) is 0 Å². The second kappa shape index (κ2) is 10.6. The van der Waals surface area contributed by atoms with Crippen LogP contribution in [-0.4, -0.2) is 46.3 Å². The Morgan fingerprint density at radius 2 is 1.62 bits per heavy atom. The van der Waals surface area contributed by atoms with E-state index in [0.29, 0.717) is 18.8 Å². The largest absolute Gasteiger partial charge is 0.481 e. The number of carbonyl (C=O) groups is 1. The van der Waals surface area contributed by atoms with Gasteiger partial charge in [-0.3, -0.25) is 4.79 Å². The van der Waals surface area contributed by atoms with Gasteiger partial charge in [-0.15, -0.1) is 0 Å². The van der Waals surface area contributed by atoms with E-state index in [4.69, 9.17) is 0 Å². The normalized spacial score (nSPS) is 26.9. The van der Waals surface area contributed by atoms with Crippen molar-refractivity contribution in [1.82, 2.24) is 4.90 Å². The first-order chi connectivity index (χ1) is 15.5. The molecular weight excluding hydrogens is 398 g/mol. The maximum atomic E-state index is 11.3. The van der Waals surface area contributed by atoms with Crippen molar-refractivity contribution < 1.29 is 15.0 Å². The molecule has 0 aromatic heterocycles. The van der Waals surface area contributed by atoms with E-state index in [1.165, 1.54) is 43.2 Å². The average molecular weight is 436 g/mol. The SMILES string of the molecule is O=C(O)CC1(O)C[C@H](CN2CCC(CCCc3ccccc3)CC2)[C@@H](c2ccccc2)C1. The van der Waals surface area contributed by atoms with Crippen molar-refractivity contribution in [1.29, 1.82) is 0 Å². The summed E-state index contributed by atoms with van der Waals surface area (Å²) < 4.78 is 0. The van der Waals surface area contributed by atoms with Gasteiger partial charge in [-0.05, 0) is 80.5 Å². The molecule has 0 bridgehead atoms. The molecule has 2 fully saturated rings. The number of likely N-dealkylation sites (tertiary alicyclic amines) is 1. The third-order valence-corrected chi connectivity index (χ3v) is 7.64. The Bertz CT molecular complexity index is 847. The van der Waals surface area contributed by atoms with Gasteiger partial charge in [0.15, 0.2) is 0 Å². The number of benzene rings is 2. The maximum Gasteiger partial charge on any atom is 0.306 e. The van der Waals surface area contributed by atoms with Crippen LogP contribution < -0.4 is 0 Å². The summed E-state index contributed by atoms with van der Waals surface area (Å²) in [5, 5.41) is 20.3. The fourth-order valence-corrected chi connectivity index (χ4v) is 6.03. The van der Waals surface area contributed by atoms with E-state index in [1.54, 1.807) is 0 Å². The zero-order valence-corrected chi connectivity index (χ0v) is 19.0. The van der Waals surface area contributed by atoms with Crippen LogP contribution >= 0.6 is 0 Å². The van der Waals surface area contributed by atoms with Crippen molar-refractivity contribution in [3.8, 4) is 0 Å². The molecule has 1 saturated heterocycles. The van der Waals surface area contributed by atoms with Gasteiger partial charge in [0.1, 0.15) is 0 Å². The second-order valence-corrected chi connectivity index (χ2v) is 10.1. The number of carboxylic acids is 1. The van der Waals surface area contributed by atoms with Gasteiger partial charge in [0.25, 0.3) is 0 Å². The molecular formula is C28H37NO3. The third-order valence-electron chi connectivity index (χ3n) is 7.64. The van der Waals surface area contributed by atoms with Crippen molar-refractivity contribution >= 4 is 5.97 Å². The van der Waals surface area contributed by atoms with Crippen molar-refractivity contribution in [2.45, 2.75) is 62.9 Å². The lowest BCUT2D eigenvalue weighted by molar-refractivity contribution is -0.142. The molecule has 2 aromatic rings. The Hall–Kier alpha value is -2.17. The van der Waals surface area contributed by atoms with Crippen LogP contribution in [0.15, 0.2) is 60.7 Å². The van der Waals surface area contributed by atoms with E-state index in [0.717, 1.165) is 25.6 Å². The van der Waals surface area contributed by atoms with Crippen LogP contribution in [0.5, 0.6) is 0 Å². The lowest BCUT2D eigenvalue weighted by Crippen LogP contribution is -2.38. The zero-order chi connectivity index (χ0) is 22.4. The molecule has 172 valence electrons. The molecule has 32 heavy (non-hydrogen) atoms. The number of piperidine rings is 1. The van der Waals surface area contributed by atoms with Gasteiger partial charge < -0.3 is 15.1 Å². The molecule has 3 atom stereocenters. The molecule has 1 heterocycles. The smallest absolute Gasteiger partial charge is 0.306 e. The fraction of sp³-hybridized carbons (Fsp3) is 0.536. The second-order valence-electron chi connectivity index (χ2n) is 10.1. The molecule has 2 aliphatic rings. The minimum absolute atomic E-state index is 0.156. The standard InChI is InChI=1S/C28H37NO3/c30-27(31)20-28(32)18-25(26(19-28)24-12-5-2-6-13-24)21-29-16-14-23(15-17-29)11-7-10-22-8-3-1-4-9-22/h1-6,8-9,12-13,23,25-26,32H,7,10-11,14-21H2,(H,30,31)/t25-,26-,28?/m1/s1. The molecule has 1 aliphatic heterocycles. The van der Waals surface area contributed by atoms with Crippen molar-refractivity contribution in [2.24, 2.45) is 11.8 Å². The van der Waals surface area contributed by atoms with E-state index in [1.807, 2.05) is 18.2 Å². The number of nitrogens with zero attached hydrogens (tertiary/aromatic N) is 1. The predicted octanol–water partition coefficient (Wildman–Crippen LogP) is 5.12. The molecule has 1 saturated carbocycles. The van der Waals surface area contributed by atoms with Crippen molar-refractivity contribution in [3.05, 3.63) is 71.8 Å². The van der Waals surface area contributed by atoms with Crippen molar-refractivity contribution in [3.63, 3.8) is 0 Å². The lowest BCUT2D eigenvalue weighted by atomic mass is 9.87. The van der Waals surface area contributed by atoms with Gasteiger partial charge in [0, 0.05) is 6.54 Å². The molecule has 1 unspecified atom stereocenters. The molecule has 1 aliphatic carbocycles. The first-order valence-electron chi connectivity index (χ1n) is 12.3. The van der Waals surface area contributed by atoms with Gasteiger partial charge in [0.05, 0.1) is 12.0 Å². The van der Waals surface area contributed by atoms with E-state index < -0.39 is 11.6 Å². The maximum absolute atomic E-state index is 11.3. The Labute approximate surface area is 192 Å². The predicted molar refractivity (Wildman–Crippen MR) is 128 cm³/mol. The summed E-state index contributed by atoms with van der Waals surface area (Å²) in [7, 11) is 0. The van der Waals surface area contributed by atoms with E-state index in [2.05, 4.69) is 47.4 Å². The van der Waals surface area contributed by atoms with Crippen LogP contribution in [0.2, 0.25) is 0 Å². The topological polar surface area (TPSA) is 60.8 Å². The molecule has 4 nitrogen and oxygen atoms in total. The summed E-state index contributed by atoms with van der Waals surface area (Å²) in [4.78, 5) is 13.9. The van der Waals surface area contributed by atoms with Gasteiger partial charge in [-0.2, -0.15) is 0 Å². The summed E-state index contributed by atoms with van der Waals surface area (Å²) in [6.07, 6.45) is 7.20. The summed E-state index contributed by atoms with van der Waals surface area (Å²) in [5.74, 6) is 0.434. The highest BCUT2D eigenvalue weighted by Crippen LogP contribution is 2.47. The molecule has 4 rings (SSSR count). The summed E-state index contributed by atoms with van der Waals surface area (Å²) in [6.45, 7) is 3.19. The summed E-state index contributed by atoms with van der Waals surface area (Å²) in [5.41, 5.74) is 1.58. The highest BCUT2D eigenvalue weighted by atomic mass is 16.4. The summed E-state index contributed by atoms with van der Waals surface area (Å²) in [6, 6.07) is 21.1. The van der Waals surface area contributed by atoms with E-state index >= 15 is 0 Å². The van der Waals surface area contributed by atoms with Gasteiger partial charge in [-0.25, -0.2) is 0 Å². The number of hydrogen-bond acceptors (Lipinski definition) is 3. The average Bonchev–Trinajstić information content (AvgIpc) is 3.11. The Morgan fingerprint density at radius 1 is 0.969 bits per heavy atom. The van der Waals surface area contributed by atoms with Crippen LogP contribution in [0.3, 0.4) is 0 Å². The highest BCUT2D eigenvalue weighted by Gasteiger charge is 2.46. The number of hydrogen-bond donors (Lipinski definition) is 2. The number of carboxylic acid groups (broad SMARTS) is 1. The quantitative estimate of drug-likeness (QED) is 0.574. The van der Waals surface area contributed by atoms with Gasteiger partial charge >= 0.3 is 5.97 Å². The minimum Gasteiger partial charge on any atom is -0.481 e. The van der Waals surface area contributed by atoms with Crippen LogP contribution in [0.1, 0.15) is 62.0 Å². The minimum atomic E-state index is -1.09. The van der Waals surface area contributed by atoms with Gasteiger partial charge in [-0.1, -0.05) is 67.1 Å². The van der Waals surface area contributed by atoms with Crippen LogP contribution in [0.25, 0.3) is 0 Å². The monoisotopic (exact) mass is 435 g/mol. The molecule has 4 heteroatoms. The molecule has 0 radical (unpaired) electrons. The zero-order valence-electron chi connectivity index (χ0n) is 19.0. The molecule has 0 amide bonds. The highest BCUT2D eigenvalue weighted by molar-refractivity contribution is 5.68. The van der Waals surface area contributed by atoms with E-state index in [-0.39, 0.29) is 12.3 Å². The van der Waals surface area contributed by atoms with Crippen LogP contribution in [-0.2, 0) is 11.2 Å². The number of rotatable bonds is 9. The Balaban J connectivity index is 1.29.